The van der Waals surface area contributed by atoms with E-state index < -0.39 is 0 Å². The van der Waals surface area contributed by atoms with Crippen molar-refractivity contribution in [2.45, 2.75) is 19.4 Å². The molecule has 1 aromatic carbocycles. The zero-order valence-corrected chi connectivity index (χ0v) is 9.69. The number of rotatable bonds is 3. The van der Waals surface area contributed by atoms with Gasteiger partial charge in [-0.15, -0.1) is 0 Å². The van der Waals surface area contributed by atoms with E-state index in [1.165, 1.54) is 0 Å². The van der Waals surface area contributed by atoms with E-state index in [1.54, 1.807) is 13.0 Å². The first kappa shape index (κ1) is 11.7. The Labute approximate surface area is 99.8 Å². The number of aliphatic hydroxyl groups excluding tert-OH is 1. The first-order valence-electron chi connectivity index (χ1n) is 5.63. The molecule has 1 atom stereocenters. The SMILES string of the molecule is CC(CO)NC(=O)Nc1ccc2c(c1)CCO2. The molecule has 1 aliphatic heterocycles. The van der Waals surface area contributed by atoms with Gasteiger partial charge in [-0.2, -0.15) is 0 Å². The smallest absolute Gasteiger partial charge is 0.319 e. The number of hydrogen-bond acceptors (Lipinski definition) is 3. The lowest BCUT2D eigenvalue weighted by atomic mass is 10.1. The second-order valence-electron chi connectivity index (χ2n) is 4.10. The molecule has 0 aromatic heterocycles. The lowest BCUT2D eigenvalue weighted by Crippen LogP contribution is -2.38. The zero-order valence-electron chi connectivity index (χ0n) is 9.69. The van der Waals surface area contributed by atoms with Crippen molar-refractivity contribution in [3.8, 4) is 5.75 Å². The van der Waals surface area contributed by atoms with Crippen molar-refractivity contribution in [3.05, 3.63) is 23.8 Å². The molecule has 1 heterocycles. The summed E-state index contributed by atoms with van der Waals surface area (Å²) in [5.74, 6) is 0.889. The van der Waals surface area contributed by atoms with Crippen LogP contribution in [0, 0.1) is 0 Å². The summed E-state index contributed by atoms with van der Waals surface area (Å²) in [4.78, 5) is 11.5. The maximum atomic E-state index is 11.5. The quantitative estimate of drug-likeness (QED) is 0.736. The van der Waals surface area contributed by atoms with E-state index >= 15 is 0 Å². The lowest BCUT2D eigenvalue weighted by Gasteiger charge is -2.12. The molecular formula is C12H16N2O3. The molecule has 0 radical (unpaired) electrons. The highest BCUT2D eigenvalue weighted by Gasteiger charge is 2.13. The van der Waals surface area contributed by atoms with Gasteiger partial charge < -0.3 is 20.5 Å². The van der Waals surface area contributed by atoms with Gasteiger partial charge in [-0.25, -0.2) is 4.79 Å². The summed E-state index contributed by atoms with van der Waals surface area (Å²) in [6, 6.07) is 4.99. The summed E-state index contributed by atoms with van der Waals surface area (Å²) in [6.45, 7) is 2.36. The van der Waals surface area contributed by atoms with Crippen molar-refractivity contribution >= 4 is 11.7 Å². The summed E-state index contributed by atoms with van der Waals surface area (Å²) in [5.41, 5.74) is 1.84. The van der Waals surface area contributed by atoms with Crippen LogP contribution in [0.1, 0.15) is 12.5 Å². The van der Waals surface area contributed by atoms with Gasteiger partial charge in [-0.05, 0) is 30.7 Å². The Morgan fingerprint density at radius 1 is 1.59 bits per heavy atom. The highest BCUT2D eigenvalue weighted by molar-refractivity contribution is 5.89. The number of hydrogen-bond donors (Lipinski definition) is 3. The molecule has 2 rings (SSSR count). The lowest BCUT2D eigenvalue weighted by molar-refractivity contribution is 0.229. The number of benzene rings is 1. The molecule has 1 unspecified atom stereocenters. The molecule has 0 saturated heterocycles. The van der Waals surface area contributed by atoms with Gasteiger partial charge in [0, 0.05) is 12.1 Å². The van der Waals surface area contributed by atoms with E-state index in [0.29, 0.717) is 6.61 Å². The number of carbonyl (C=O) groups excluding carboxylic acids is 1. The highest BCUT2D eigenvalue weighted by Crippen LogP contribution is 2.27. The Hall–Kier alpha value is -1.75. The minimum atomic E-state index is -0.314. The molecule has 0 aliphatic carbocycles. The van der Waals surface area contributed by atoms with Crippen LogP contribution in [0.2, 0.25) is 0 Å². The van der Waals surface area contributed by atoms with Crippen LogP contribution in [0.5, 0.6) is 5.75 Å². The maximum absolute atomic E-state index is 11.5. The van der Waals surface area contributed by atoms with Gasteiger partial charge in [0.1, 0.15) is 5.75 Å². The summed E-state index contributed by atoms with van der Waals surface area (Å²) >= 11 is 0. The van der Waals surface area contributed by atoms with E-state index in [-0.39, 0.29) is 18.7 Å². The van der Waals surface area contributed by atoms with Crippen LogP contribution < -0.4 is 15.4 Å². The number of carbonyl (C=O) groups is 1. The zero-order chi connectivity index (χ0) is 12.3. The van der Waals surface area contributed by atoms with Gasteiger partial charge in [0.15, 0.2) is 0 Å². The van der Waals surface area contributed by atoms with Crippen molar-refractivity contribution in [3.63, 3.8) is 0 Å². The number of aliphatic hydroxyl groups is 1. The minimum absolute atomic E-state index is 0.0779. The molecule has 1 aliphatic rings. The third-order valence-corrected chi connectivity index (χ3v) is 2.60. The van der Waals surface area contributed by atoms with E-state index in [0.717, 1.165) is 23.4 Å². The fourth-order valence-electron chi connectivity index (χ4n) is 1.70. The molecule has 2 amide bonds. The first-order chi connectivity index (χ1) is 8.19. The average Bonchev–Trinajstić information content (AvgIpc) is 2.75. The molecule has 1 aromatic rings. The van der Waals surface area contributed by atoms with Crippen molar-refractivity contribution in [2.24, 2.45) is 0 Å². The van der Waals surface area contributed by atoms with Gasteiger partial charge in [0.2, 0.25) is 0 Å². The molecular weight excluding hydrogens is 220 g/mol. The number of ether oxygens (including phenoxy) is 1. The van der Waals surface area contributed by atoms with Gasteiger partial charge in [0.05, 0.1) is 19.3 Å². The van der Waals surface area contributed by atoms with E-state index in [9.17, 15) is 4.79 Å². The fraction of sp³-hybridized carbons (Fsp3) is 0.417. The Balaban J connectivity index is 1.97. The topological polar surface area (TPSA) is 70.6 Å². The summed E-state index contributed by atoms with van der Waals surface area (Å²) in [7, 11) is 0. The predicted molar refractivity (Wildman–Crippen MR) is 64.3 cm³/mol. The second-order valence-corrected chi connectivity index (χ2v) is 4.10. The predicted octanol–water partition coefficient (Wildman–Crippen LogP) is 1.12. The van der Waals surface area contributed by atoms with Gasteiger partial charge >= 0.3 is 6.03 Å². The van der Waals surface area contributed by atoms with E-state index in [4.69, 9.17) is 9.84 Å². The maximum Gasteiger partial charge on any atom is 0.319 e. The molecule has 17 heavy (non-hydrogen) atoms. The van der Waals surface area contributed by atoms with E-state index in [1.807, 2.05) is 12.1 Å². The van der Waals surface area contributed by atoms with Crippen LogP contribution in [-0.4, -0.2) is 30.4 Å². The summed E-state index contributed by atoms with van der Waals surface area (Å²) in [5, 5.41) is 14.2. The molecule has 0 fully saturated rings. The monoisotopic (exact) mass is 236 g/mol. The van der Waals surface area contributed by atoms with Crippen LogP contribution in [0.3, 0.4) is 0 Å². The molecule has 5 nitrogen and oxygen atoms in total. The third kappa shape index (κ3) is 2.88. The average molecular weight is 236 g/mol. The standard InChI is InChI=1S/C12H16N2O3/c1-8(7-15)13-12(16)14-10-2-3-11-9(6-10)4-5-17-11/h2-3,6,8,15H,4-5,7H2,1H3,(H2,13,14,16). The third-order valence-electron chi connectivity index (χ3n) is 2.60. The Morgan fingerprint density at radius 3 is 3.18 bits per heavy atom. The Bertz CT molecular complexity index is 420. The highest BCUT2D eigenvalue weighted by atomic mass is 16.5. The fourth-order valence-corrected chi connectivity index (χ4v) is 1.70. The van der Waals surface area contributed by atoms with Gasteiger partial charge in [-0.3, -0.25) is 0 Å². The number of nitrogens with one attached hydrogen (secondary N) is 2. The summed E-state index contributed by atoms with van der Waals surface area (Å²) in [6.07, 6.45) is 0.875. The normalized spacial score (nSPS) is 14.7. The number of urea groups is 1. The van der Waals surface area contributed by atoms with Crippen LogP contribution in [0.4, 0.5) is 10.5 Å². The molecule has 5 heteroatoms. The van der Waals surface area contributed by atoms with Crippen LogP contribution in [0.15, 0.2) is 18.2 Å². The second kappa shape index (κ2) is 5.05. The molecule has 0 bridgehead atoms. The van der Waals surface area contributed by atoms with Crippen molar-refractivity contribution in [1.82, 2.24) is 5.32 Å². The van der Waals surface area contributed by atoms with Crippen LogP contribution in [0.25, 0.3) is 0 Å². The Kier molecular flexibility index (Phi) is 3.49. The molecule has 92 valence electrons. The Morgan fingerprint density at radius 2 is 2.41 bits per heavy atom. The molecule has 0 spiro atoms. The molecule has 3 N–H and O–H groups in total. The van der Waals surface area contributed by atoms with Crippen LogP contribution in [-0.2, 0) is 6.42 Å². The number of amides is 2. The number of anilines is 1. The van der Waals surface area contributed by atoms with Crippen LogP contribution >= 0.6 is 0 Å². The van der Waals surface area contributed by atoms with Crippen molar-refractivity contribution in [2.75, 3.05) is 18.5 Å². The summed E-state index contributed by atoms with van der Waals surface area (Å²) < 4.78 is 5.38. The van der Waals surface area contributed by atoms with E-state index in [2.05, 4.69) is 10.6 Å². The molecule has 0 saturated carbocycles. The van der Waals surface area contributed by atoms with Gasteiger partial charge in [-0.1, -0.05) is 0 Å². The van der Waals surface area contributed by atoms with Gasteiger partial charge in [0.25, 0.3) is 0 Å². The minimum Gasteiger partial charge on any atom is -0.493 e. The largest absolute Gasteiger partial charge is 0.493 e. The number of fused-ring (bicyclic) bond motifs is 1. The van der Waals surface area contributed by atoms with Crippen molar-refractivity contribution in [1.29, 1.82) is 0 Å². The first-order valence-corrected chi connectivity index (χ1v) is 5.63. The van der Waals surface area contributed by atoms with Crippen molar-refractivity contribution < 1.29 is 14.6 Å².